The Kier molecular flexibility index (Phi) is 4.44. The molecule has 1 aromatic carbocycles. The van der Waals surface area contributed by atoms with Gasteiger partial charge in [0.2, 0.25) is 0 Å². The third-order valence-electron chi connectivity index (χ3n) is 3.70. The van der Waals surface area contributed by atoms with Gasteiger partial charge >= 0.3 is 0 Å². The molecule has 1 saturated carbocycles. The van der Waals surface area contributed by atoms with Crippen LogP contribution < -0.4 is 0 Å². The maximum Gasteiger partial charge on any atom is 0.0724 e. The zero-order valence-electron chi connectivity index (χ0n) is 10.1. The van der Waals surface area contributed by atoms with Crippen LogP contribution in [0.5, 0.6) is 0 Å². The Balaban J connectivity index is 2.09. The zero-order valence-corrected chi connectivity index (χ0v) is 11.6. The predicted octanol–water partition coefficient (Wildman–Crippen LogP) is 3.98. The minimum atomic E-state index is 0.0180. The normalized spacial score (nSPS) is 32.9. The van der Waals surface area contributed by atoms with Gasteiger partial charge in [0.05, 0.1) is 7.85 Å². The van der Waals surface area contributed by atoms with Crippen LogP contribution in [0, 0.1) is 5.92 Å². The first-order valence-electron chi connectivity index (χ1n) is 6.23. The van der Waals surface area contributed by atoms with Crippen LogP contribution in [0.25, 0.3) is 0 Å². The molecule has 1 aromatic rings. The van der Waals surface area contributed by atoms with E-state index in [0.717, 1.165) is 19.3 Å². The first kappa shape index (κ1) is 13.3. The summed E-state index contributed by atoms with van der Waals surface area (Å²) in [7, 11) is 6.11. The van der Waals surface area contributed by atoms with Gasteiger partial charge in [-0.05, 0) is 36.3 Å². The molecule has 0 aromatic heterocycles. The van der Waals surface area contributed by atoms with E-state index in [0.29, 0.717) is 5.92 Å². The number of rotatable bonds is 3. The van der Waals surface area contributed by atoms with E-state index in [2.05, 4.69) is 31.2 Å². The Morgan fingerprint density at radius 2 is 1.94 bits per heavy atom. The van der Waals surface area contributed by atoms with E-state index in [4.69, 9.17) is 31.0 Å². The smallest absolute Gasteiger partial charge is 0.0724 e. The average Bonchev–Trinajstić information content (AvgIpc) is 2.56. The minimum Gasteiger partial charge on any atom is -0.123 e. The summed E-state index contributed by atoms with van der Waals surface area (Å²) in [5.74, 6) is 0.315. The van der Waals surface area contributed by atoms with Gasteiger partial charge in [0.1, 0.15) is 0 Å². The van der Waals surface area contributed by atoms with Crippen molar-refractivity contribution < 1.29 is 0 Å². The van der Waals surface area contributed by atoms with Crippen molar-refractivity contribution in [2.45, 2.75) is 42.8 Å². The molecule has 0 spiro atoms. The molecule has 3 heteroatoms. The van der Waals surface area contributed by atoms with Crippen LogP contribution in [-0.4, -0.2) is 18.6 Å². The third kappa shape index (κ3) is 3.00. The van der Waals surface area contributed by atoms with E-state index >= 15 is 0 Å². The Bertz CT molecular complexity index is 380. The molecule has 1 aliphatic rings. The topological polar surface area (TPSA) is 0 Å². The fraction of sp³-hybridized carbons (Fsp3) is 0.571. The van der Waals surface area contributed by atoms with Gasteiger partial charge in [0, 0.05) is 10.8 Å². The molecule has 4 unspecified atom stereocenters. The number of hydrogen-bond donors (Lipinski definition) is 0. The van der Waals surface area contributed by atoms with Crippen molar-refractivity contribution >= 4 is 31.0 Å². The summed E-state index contributed by atoms with van der Waals surface area (Å²) in [6.45, 7) is 2.17. The fourth-order valence-electron chi connectivity index (χ4n) is 2.57. The van der Waals surface area contributed by atoms with Crippen molar-refractivity contribution in [2.75, 3.05) is 0 Å². The fourth-order valence-corrected chi connectivity index (χ4v) is 3.49. The van der Waals surface area contributed by atoms with E-state index in [1.807, 2.05) is 0 Å². The maximum atomic E-state index is 6.33. The second-order valence-electron chi connectivity index (χ2n) is 4.89. The van der Waals surface area contributed by atoms with Crippen LogP contribution in [0.3, 0.4) is 0 Å². The molecule has 90 valence electrons. The van der Waals surface area contributed by atoms with Crippen molar-refractivity contribution in [1.29, 1.82) is 0 Å². The van der Waals surface area contributed by atoms with Gasteiger partial charge in [-0.2, -0.15) is 0 Å². The standard InChI is InChI=1S/C14H17BCl2/c1-2-9-4-3-5-10(6-9)7-11-12(16)8-13(17)14(11)15/h3-6,11-14H,2,7-8H2,1H3. The highest BCUT2D eigenvalue weighted by molar-refractivity contribution is 6.29. The van der Waals surface area contributed by atoms with E-state index in [1.54, 1.807) is 0 Å². The molecule has 0 N–H and O–H groups in total. The summed E-state index contributed by atoms with van der Waals surface area (Å²) < 4.78 is 0. The first-order valence-corrected chi connectivity index (χ1v) is 7.10. The van der Waals surface area contributed by atoms with Gasteiger partial charge in [0.15, 0.2) is 0 Å². The van der Waals surface area contributed by atoms with Gasteiger partial charge in [-0.15, -0.1) is 23.2 Å². The lowest BCUT2D eigenvalue weighted by Crippen LogP contribution is -2.16. The van der Waals surface area contributed by atoms with Gasteiger partial charge in [-0.25, -0.2) is 0 Å². The van der Waals surface area contributed by atoms with Crippen molar-refractivity contribution in [3.05, 3.63) is 35.4 Å². The van der Waals surface area contributed by atoms with Gasteiger partial charge in [-0.1, -0.05) is 37.0 Å². The van der Waals surface area contributed by atoms with Crippen LogP contribution in [0.4, 0.5) is 0 Å². The summed E-state index contributed by atoms with van der Waals surface area (Å²) in [5, 5.41) is 0.134. The van der Waals surface area contributed by atoms with Gasteiger partial charge < -0.3 is 0 Å². The summed E-state index contributed by atoms with van der Waals surface area (Å²) in [4.78, 5) is 0. The van der Waals surface area contributed by atoms with Crippen molar-refractivity contribution in [1.82, 2.24) is 0 Å². The number of aryl methyl sites for hydroxylation is 1. The minimum absolute atomic E-state index is 0.0180. The number of hydrogen-bond acceptors (Lipinski definition) is 0. The molecule has 0 heterocycles. The van der Waals surface area contributed by atoms with Gasteiger partial charge in [0.25, 0.3) is 0 Å². The lowest BCUT2D eigenvalue weighted by atomic mass is 9.76. The highest BCUT2D eigenvalue weighted by Gasteiger charge is 2.37. The molecule has 0 bridgehead atoms. The van der Waals surface area contributed by atoms with Crippen LogP contribution in [0.1, 0.15) is 24.5 Å². The molecule has 0 amide bonds. The van der Waals surface area contributed by atoms with E-state index in [-0.39, 0.29) is 16.6 Å². The third-order valence-corrected chi connectivity index (χ3v) is 4.67. The molecular formula is C14H17BCl2. The molecule has 0 saturated heterocycles. The average molecular weight is 267 g/mol. The molecular weight excluding hydrogens is 250 g/mol. The van der Waals surface area contributed by atoms with E-state index < -0.39 is 0 Å². The maximum absolute atomic E-state index is 6.33. The second kappa shape index (κ2) is 5.67. The Hall–Kier alpha value is -0.135. The molecule has 0 nitrogen and oxygen atoms in total. The SMILES string of the molecule is [B]C1C(Cl)CC(Cl)C1Cc1cccc(CC)c1. The van der Waals surface area contributed by atoms with Crippen LogP contribution in [-0.2, 0) is 12.8 Å². The molecule has 17 heavy (non-hydrogen) atoms. The number of alkyl halides is 2. The summed E-state index contributed by atoms with van der Waals surface area (Å²) in [5.41, 5.74) is 2.68. The Labute approximate surface area is 115 Å². The van der Waals surface area contributed by atoms with E-state index in [1.165, 1.54) is 11.1 Å². The largest absolute Gasteiger partial charge is 0.123 e. The van der Waals surface area contributed by atoms with Gasteiger partial charge in [-0.3, -0.25) is 0 Å². The highest BCUT2D eigenvalue weighted by atomic mass is 35.5. The Morgan fingerprint density at radius 1 is 1.24 bits per heavy atom. The highest BCUT2D eigenvalue weighted by Crippen LogP contribution is 2.43. The molecule has 1 aliphatic carbocycles. The van der Waals surface area contributed by atoms with Crippen LogP contribution in [0.15, 0.2) is 24.3 Å². The van der Waals surface area contributed by atoms with E-state index in [9.17, 15) is 0 Å². The summed E-state index contributed by atoms with van der Waals surface area (Å²) in [6.07, 6.45) is 2.82. The molecule has 2 radical (unpaired) electrons. The van der Waals surface area contributed by atoms with Crippen molar-refractivity contribution in [2.24, 2.45) is 5.92 Å². The van der Waals surface area contributed by atoms with Crippen molar-refractivity contribution in [3.63, 3.8) is 0 Å². The van der Waals surface area contributed by atoms with Crippen LogP contribution >= 0.6 is 23.2 Å². The lowest BCUT2D eigenvalue weighted by Gasteiger charge is -2.20. The molecule has 2 rings (SSSR count). The zero-order chi connectivity index (χ0) is 12.4. The Morgan fingerprint density at radius 3 is 2.53 bits per heavy atom. The molecule has 0 aliphatic heterocycles. The second-order valence-corrected chi connectivity index (χ2v) is 6.01. The first-order chi connectivity index (χ1) is 8.11. The summed E-state index contributed by atoms with van der Waals surface area (Å²) in [6, 6.07) is 8.66. The predicted molar refractivity (Wildman–Crippen MR) is 76.4 cm³/mol. The summed E-state index contributed by atoms with van der Waals surface area (Å²) >= 11 is 12.5. The quantitative estimate of drug-likeness (QED) is 0.574. The monoisotopic (exact) mass is 266 g/mol. The van der Waals surface area contributed by atoms with Crippen LogP contribution in [0.2, 0.25) is 5.82 Å². The lowest BCUT2D eigenvalue weighted by molar-refractivity contribution is 0.553. The number of halogens is 2. The number of benzene rings is 1. The van der Waals surface area contributed by atoms with Crippen molar-refractivity contribution in [3.8, 4) is 0 Å². The molecule has 4 atom stereocenters. The molecule has 1 fully saturated rings.